The number of carbonyl (C=O) groups is 1. The smallest absolute Gasteiger partial charge is 0.404 e. The Bertz CT molecular complexity index is 161. The van der Waals surface area contributed by atoms with Crippen molar-refractivity contribution in [3.8, 4) is 0 Å². The van der Waals surface area contributed by atoms with E-state index in [0.29, 0.717) is 12.5 Å². The Morgan fingerprint density at radius 3 is 2.83 bits per heavy atom. The second kappa shape index (κ2) is 4.30. The van der Waals surface area contributed by atoms with Gasteiger partial charge in [-0.1, -0.05) is 0 Å². The Morgan fingerprint density at radius 1 is 1.50 bits per heavy atom. The fourth-order valence-corrected chi connectivity index (χ4v) is 1.73. The molecule has 4 nitrogen and oxygen atoms in total. The van der Waals surface area contributed by atoms with Crippen molar-refractivity contribution in [2.75, 3.05) is 6.54 Å². The van der Waals surface area contributed by atoms with Gasteiger partial charge in [0.05, 0.1) is 0 Å². The highest BCUT2D eigenvalue weighted by molar-refractivity contribution is 5.64. The molecular formula is C8H16N2O2. The molecule has 2 unspecified atom stereocenters. The van der Waals surface area contributed by atoms with Gasteiger partial charge in [-0.25, -0.2) is 4.79 Å². The van der Waals surface area contributed by atoms with Crippen molar-refractivity contribution in [3.63, 3.8) is 0 Å². The van der Waals surface area contributed by atoms with E-state index in [1.165, 1.54) is 0 Å². The van der Waals surface area contributed by atoms with Gasteiger partial charge in [-0.2, -0.15) is 0 Å². The van der Waals surface area contributed by atoms with Gasteiger partial charge >= 0.3 is 6.09 Å². The minimum Gasteiger partial charge on any atom is -0.446 e. The normalized spacial score (nSPS) is 29.8. The fraction of sp³-hybridized carbons (Fsp3) is 0.875. The lowest BCUT2D eigenvalue weighted by molar-refractivity contribution is 0.0674. The van der Waals surface area contributed by atoms with E-state index in [-0.39, 0.29) is 6.10 Å². The Hall–Kier alpha value is -0.770. The molecule has 1 rings (SSSR count). The molecule has 1 amide bonds. The van der Waals surface area contributed by atoms with E-state index in [4.69, 9.17) is 16.2 Å². The summed E-state index contributed by atoms with van der Waals surface area (Å²) in [6, 6.07) is 0. The number of hydrogen-bond donors (Lipinski definition) is 2. The van der Waals surface area contributed by atoms with E-state index >= 15 is 0 Å². The summed E-state index contributed by atoms with van der Waals surface area (Å²) in [5.41, 5.74) is 10.4. The van der Waals surface area contributed by atoms with E-state index in [0.717, 1.165) is 25.7 Å². The second-order valence-corrected chi connectivity index (χ2v) is 3.33. The standard InChI is InChI=1S/C8H16N2O2/c9-5-6-2-1-3-7(4-6)12-8(10)11/h6-7H,1-5,9H2,(H2,10,11). The van der Waals surface area contributed by atoms with Crippen molar-refractivity contribution in [1.29, 1.82) is 0 Å². The number of nitrogens with two attached hydrogens (primary N) is 2. The Balaban J connectivity index is 2.30. The zero-order chi connectivity index (χ0) is 8.97. The van der Waals surface area contributed by atoms with Crippen LogP contribution in [-0.4, -0.2) is 18.7 Å². The van der Waals surface area contributed by atoms with Crippen LogP contribution in [0.15, 0.2) is 0 Å². The van der Waals surface area contributed by atoms with Crippen molar-refractivity contribution in [2.45, 2.75) is 31.8 Å². The monoisotopic (exact) mass is 172 g/mol. The Kier molecular flexibility index (Phi) is 3.34. The lowest BCUT2D eigenvalue weighted by atomic mass is 9.87. The summed E-state index contributed by atoms with van der Waals surface area (Å²) in [5.74, 6) is 0.503. The van der Waals surface area contributed by atoms with E-state index < -0.39 is 6.09 Å². The SMILES string of the molecule is NCC1CCCC(OC(N)=O)C1. The Labute approximate surface area is 72.2 Å². The number of rotatable bonds is 2. The number of hydrogen-bond acceptors (Lipinski definition) is 3. The Morgan fingerprint density at radius 2 is 2.25 bits per heavy atom. The fourth-order valence-electron chi connectivity index (χ4n) is 1.73. The third kappa shape index (κ3) is 2.70. The van der Waals surface area contributed by atoms with Crippen LogP contribution in [0.1, 0.15) is 25.7 Å². The van der Waals surface area contributed by atoms with Crippen LogP contribution in [0.4, 0.5) is 4.79 Å². The van der Waals surface area contributed by atoms with Gasteiger partial charge in [0, 0.05) is 0 Å². The van der Waals surface area contributed by atoms with E-state index in [9.17, 15) is 4.79 Å². The van der Waals surface area contributed by atoms with Gasteiger partial charge in [0.25, 0.3) is 0 Å². The molecule has 1 saturated carbocycles. The molecule has 4 heteroatoms. The predicted octanol–water partition coefficient (Wildman–Crippen LogP) is 0.599. The molecule has 70 valence electrons. The summed E-state index contributed by atoms with van der Waals surface area (Å²) in [6.07, 6.45) is 3.37. The van der Waals surface area contributed by atoms with Gasteiger partial charge in [0.2, 0.25) is 0 Å². The van der Waals surface area contributed by atoms with Crippen LogP contribution in [0.3, 0.4) is 0 Å². The number of primary amides is 1. The van der Waals surface area contributed by atoms with E-state index in [1.807, 2.05) is 0 Å². The van der Waals surface area contributed by atoms with Crippen molar-refractivity contribution in [1.82, 2.24) is 0 Å². The molecule has 4 N–H and O–H groups in total. The molecule has 0 bridgehead atoms. The largest absolute Gasteiger partial charge is 0.446 e. The lowest BCUT2D eigenvalue weighted by Crippen LogP contribution is -2.30. The molecular weight excluding hydrogens is 156 g/mol. The first-order chi connectivity index (χ1) is 5.72. The van der Waals surface area contributed by atoms with Crippen LogP contribution in [0.25, 0.3) is 0 Å². The molecule has 0 heterocycles. The van der Waals surface area contributed by atoms with E-state index in [2.05, 4.69) is 0 Å². The highest BCUT2D eigenvalue weighted by atomic mass is 16.6. The van der Waals surface area contributed by atoms with Crippen molar-refractivity contribution < 1.29 is 9.53 Å². The van der Waals surface area contributed by atoms with Crippen molar-refractivity contribution >= 4 is 6.09 Å². The molecule has 2 atom stereocenters. The quantitative estimate of drug-likeness (QED) is 0.640. The maximum absolute atomic E-state index is 10.4. The summed E-state index contributed by atoms with van der Waals surface area (Å²) in [4.78, 5) is 10.4. The van der Waals surface area contributed by atoms with Crippen LogP contribution >= 0.6 is 0 Å². The maximum atomic E-state index is 10.4. The van der Waals surface area contributed by atoms with E-state index in [1.54, 1.807) is 0 Å². The second-order valence-electron chi connectivity index (χ2n) is 3.33. The summed E-state index contributed by atoms with van der Waals surface area (Å²) in [6.45, 7) is 0.679. The van der Waals surface area contributed by atoms with Crippen LogP contribution in [0, 0.1) is 5.92 Å². The number of amides is 1. The molecule has 1 aliphatic carbocycles. The molecule has 0 aliphatic heterocycles. The molecule has 0 radical (unpaired) electrons. The molecule has 0 spiro atoms. The van der Waals surface area contributed by atoms with Gasteiger partial charge in [0.1, 0.15) is 6.10 Å². The maximum Gasteiger partial charge on any atom is 0.404 e. The summed E-state index contributed by atoms with van der Waals surface area (Å²) in [7, 11) is 0. The zero-order valence-electron chi connectivity index (χ0n) is 7.16. The molecule has 1 aliphatic rings. The molecule has 1 fully saturated rings. The van der Waals surface area contributed by atoms with Crippen LogP contribution in [0.5, 0.6) is 0 Å². The predicted molar refractivity (Wildman–Crippen MR) is 45.5 cm³/mol. The highest BCUT2D eigenvalue weighted by Gasteiger charge is 2.22. The molecule has 0 saturated heterocycles. The molecule has 0 aromatic heterocycles. The lowest BCUT2D eigenvalue weighted by Gasteiger charge is -2.27. The zero-order valence-corrected chi connectivity index (χ0v) is 7.16. The van der Waals surface area contributed by atoms with Crippen LogP contribution in [-0.2, 0) is 4.74 Å². The van der Waals surface area contributed by atoms with Gasteiger partial charge in [0.15, 0.2) is 0 Å². The highest BCUT2D eigenvalue weighted by Crippen LogP contribution is 2.25. The molecule has 0 aromatic carbocycles. The average Bonchev–Trinajstić information content (AvgIpc) is 2.03. The van der Waals surface area contributed by atoms with Gasteiger partial charge < -0.3 is 16.2 Å². The number of ether oxygens (including phenoxy) is 1. The third-order valence-corrected chi connectivity index (χ3v) is 2.35. The van der Waals surface area contributed by atoms with Crippen LogP contribution in [0.2, 0.25) is 0 Å². The summed E-state index contributed by atoms with van der Waals surface area (Å²) in [5, 5.41) is 0. The van der Waals surface area contributed by atoms with Gasteiger partial charge in [-0.05, 0) is 38.1 Å². The van der Waals surface area contributed by atoms with Gasteiger partial charge in [-0.3, -0.25) is 0 Å². The molecule has 12 heavy (non-hydrogen) atoms. The molecule has 0 aromatic rings. The average molecular weight is 172 g/mol. The first-order valence-electron chi connectivity index (χ1n) is 4.38. The van der Waals surface area contributed by atoms with Gasteiger partial charge in [-0.15, -0.1) is 0 Å². The van der Waals surface area contributed by atoms with Crippen molar-refractivity contribution in [2.24, 2.45) is 17.4 Å². The summed E-state index contributed by atoms with van der Waals surface area (Å²) < 4.78 is 4.91. The summed E-state index contributed by atoms with van der Waals surface area (Å²) >= 11 is 0. The topological polar surface area (TPSA) is 78.3 Å². The van der Waals surface area contributed by atoms with Crippen molar-refractivity contribution in [3.05, 3.63) is 0 Å². The third-order valence-electron chi connectivity index (χ3n) is 2.35. The minimum atomic E-state index is -0.669. The first kappa shape index (κ1) is 9.32. The number of carbonyl (C=O) groups excluding carboxylic acids is 1. The minimum absolute atomic E-state index is 0.00444. The van der Waals surface area contributed by atoms with Crippen LogP contribution < -0.4 is 11.5 Å². The first-order valence-corrected chi connectivity index (χ1v) is 4.38.